The van der Waals surface area contributed by atoms with Crippen LogP contribution < -0.4 is 4.74 Å². The van der Waals surface area contributed by atoms with Crippen LogP contribution in [-0.4, -0.2) is 18.8 Å². The molecule has 0 fully saturated rings. The van der Waals surface area contributed by atoms with Gasteiger partial charge in [0, 0.05) is 18.1 Å². The predicted molar refractivity (Wildman–Crippen MR) is 67.3 cm³/mol. The molecule has 0 saturated carbocycles. The van der Waals surface area contributed by atoms with Crippen molar-refractivity contribution in [2.45, 2.75) is 39.5 Å². The first-order valence-corrected chi connectivity index (χ1v) is 5.81. The summed E-state index contributed by atoms with van der Waals surface area (Å²) in [5.74, 6) is 1.48. The Labute approximate surface area is 98.3 Å². The summed E-state index contributed by atoms with van der Waals surface area (Å²) in [5, 5.41) is 9.35. The summed E-state index contributed by atoms with van der Waals surface area (Å²) >= 11 is 0. The van der Waals surface area contributed by atoms with Crippen molar-refractivity contribution in [3.8, 4) is 5.75 Å². The van der Waals surface area contributed by atoms with Crippen LogP contribution in [0.3, 0.4) is 0 Å². The molecular formula is C14H22O2. The van der Waals surface area contributed by atoms with Crippen molar-refractivity contribution in [2.75, 3.05) is 13.7 Å². The van der Waals surface area contributed by atoms with Crippen LogP contribution in [0.2, 0.25) is 0 Å². The fourth-order valence-electron chi connectivity index (χ4n) is 2.10. The van der Waals surface area contributed by atoms with Crippen molar-refractivity contribution in [2.24, 2.45) is 0 Å². The lowest BCUT2D eigenvalue weighted by Crippen LogP contribution is -2.08. The highest BCUT2D eigenvalue weighted by Crippen LogP contribution is 2.36. The Hall–Kier alpha value is -1.02. The van der Waals surface area contributed by atoms with Crippen molar-refractivity contribution in [3.05, 3.63) is 28.8 Å². The van der Waals surface area contributed by atoms with Crippen LogP contribution in [0, 0.1) is 6.92 Å². The van der Waals surface area contributed by atoms with Gasteiger partial charge in [-0.2, -0.15) is 0 Å². The van der Waals surface area contributed by atoms with E-state index in [2.05, 4.69) is 26.0 Å². The second kappa shape index (κ2) is 5.35. The molecular weight excluding hydrogens is 200 g/mol. The minimum Gasteiger partial charge on any atom is -0.496 e. The summed E-state index contributed by atoms with van der Waals surface area (Å²) < 4.78 is 5.48. The predicted octanol–water partition coefficient (Wildman–Crippen LogP) is 3.22. The van der Waals surface area contributed by atoms with Gasteiger partial charge in [-0.3, -0.25) is 0 Å². The van der Waals surface area contributed by atoms with E-state index >= 15 is 0 Å². The number of hydrogen-bond donors (Lipinski definition) is 1. The number of hydrogen-bond acceptors (Lipinski definition) is 2. The van der Waals surface area contributed by atoms with Crippen molar-refractivity contribution < 1.29 is 9.84 Å². The molecule has 1 aromatic rings. The second-order valence-electron chi connectivity index (χ2n) is 4.66. The fourth-order valence-corrected chi connectivity index (χ4v) is 2.10. The van der Waals surface area contributed by atoms with E-state index in [0.29, 0.717) is 5.92 Å². The Morgan fingerprint density at radius 1 is 1.25 bits per heavy atom. The van der Waals surface area contributed by atoms with Crippen molar-refractivity contribution in [1.82, 2.24) is 0 Å². The van der Waals surface area contributed by atoms with E-state index in [4.69, 9.17) is 4.74 Å². The molecule has 0 aliphatic carbocycles. The van der Waals surface area contributed by atoms with Gasteiger partial charge in [-0.1, -0.05) is 32.9 Å². The normalized spacial score (nSPS) is 12.9. The van der Waals surface area contributed by atoms with E-state index in [1.54, 1.807) is 7.11 Å². The van der Waals surface area contributed by atoms with Crippen LogP contribution in [0.5, 0.6) is 5.75 Å². The van der Waals surface area contributed by atoms with E-state index in [9.17, 15) is 5.11 Å². The summed E-state index contributed by atoms with van der Waals surface area (Å²) in [7, 11) is 1.69. The van der Waals surface area contributed by atoms with Crippen LogP contribution in [0.4, 0.5) is 0 Å². The number of rotatable bonds is 4. The molecule has 1 aromatic carbocycles. The third kappa shape index (κ3) is 2.38. The van der Waals surface area contributed by atoms with Crippen LogP contribution >= 0.6 is 0 Å². The second-order valence-corrected chi connectivity index (χ2v) is 4.66. The summed E-state index contributed by atoms with van der Waals surface area (Å²) in [4.78, 5) is 0. The molecule has 2 nitrogen and oxygen atoms in total. The summed E-state index contributed by atoms with van der Waals surface area (Å²) in [6.07, 6.45) is 0. The number of aliphatic hydroxyl groups excluding tert-OH is 1. The van der Waals surface area contributed by atoms with E-state index in [0.717, 1.165) is 16.9 Å². The summed E-state index contributed by atoms with van der Waals surface area (Å²) in [6.45, 7) is 8.55. The molecule has 0 aliphatic rings. The molecule has 1 N–H and O–H groups in total. The Bertz CT molecular complexity index is 356. The zero-order chi connectivity index (χ0) is 12.3. The van der Waals surface area contributed by atoms with Gasteiger partial charge in [0.15, 0.2) is 0 Å². The van der Waals surface area contributed by atoms with Gasteiger partial charge in [-0.05, 0) is 24.0 Å². The van der Waals surface area contributed by atoms with Crippen molar-refractivity contribution in [1.29, 1.82) is 0 Å². The standard InChI is InChI=1S/C14H22O2/c1-9(2)12-7-6-10(3)14(16-5)13(12)11(4)8-15/h6-7,9,11,15H,8H2,1-5H3. The lowest BCUT2D eigenvalue weighted by atomic mass is 9.88. The van der Waals surface area contributed by atoms with Crippen LogP contribution in [0.15, 0.2) is 12.1 Å². The molecule has 0 aliphatic heterocycles. The lowest BCUT2D eigenvalue weighted by Gasteiger charge is -2.22. The number of ether oxygens (including phenoxy) is 1. The fraction of sp³-hybridized carbons (Fsp3) is 0.571. The average molecular weight is 222 g/mol. The summed E-state index contributed by atoms with van der Waals surface area (Å²) in [5.41, 5.74) is 3.55. The lowest BCUT2D eigenvalue weighted by molar-refractivity contribution is 0.269. The highest BCUT2D eigenvalue weighted by molar-refractivity contribution is 5.49. The molecule has 0 aromatic heterocycles. The first-order valence-electron chi connectivity index (χ1n) is 5.81. The molecule has 0 heterocycles. The van der Waals surface area contributed by atoms with Gasteiger partial charge in [-0.25, -0.2) is 0 Å². The first kappa shape index (κ1) is 13.0. The quantitative estimate of drug-likeness (QED) is 0.847. The van der Waals surface area contributed by atoms with E-state index in [1.807, 2.05) is 13.8 Å². The first-order chi connectivity index (χ1) is 7.52. The number of methoxy groups -OCH3 is 1. The molecule has 0 spiro atoms. The Morgan fingerprint density at radius 2 is 1.88 bits per heavy atom. The van der Waals surface area contributed by atoms with Crippen molar-refractivity contribution >= 4 is 0 Å². The number of aryl methyl sites for hydroxylation is 1. The average Bonchev–Trinajstić information content (AvgIpc) is 2.27. The maximum Gasteiger partial charge on any atom is 0.125 e. The molecule has 1 rings (SSSR count). The molecule has 16 heavy (non-hydrogen) atoms. The number of benzene rings is 1. The Balaban J connectivity index is 3.41. The van der Waals surface area contributed by atoms with E-state index < -0.39 is 0 Å². The van der Waals surface area contributed by atoms with Crippen LogP contribution in [0.1, 0.15) is 49.3 Å². The number of aliphatic hydroxyl groups is 1. The summed E-state index contributed by atoms with van der Waals surface area (Å²) in [6, 6.07) is 4.23. The molecule has 0 radical (unpaired) electrons. The molecule has 90 valence electrons. The van der Waals surface area contributed by atoms with Gasteiger partial charge in [0.25, 0.3) is 0 Å². The molecule has 2 heteroatoms. The van der Waals surface area contributed by atoms with Gasteiger partial charge in [0.05, 0.1) is 7.11 Å². The molecule has 1 atom stereocenters. The van der Waals surface area contributed by atoms with Gasteiger partial charge in [0.1, 0.15) is 5.75 Å². The minimum atomic E-state index is 0.118. The van der Waals surface area contributed by atoms with E-state index in [-0.39, 0.29) is 12.5 Å². The topological polar surface area (TPSA) is 29.5 Å². The third-order valence-electron chi connectivity index (χ3n) is 3.02. The van der Waals surface area contributed by atoms with Crippen molar-refractivity contribution in [3.63, 3.8) is 0 Å². The van der Waals surface area contributed by atoms with Crippen LogP contribution in [0.25, 0.3) is 0 Å². The molecule has 0 bridgehead atoms. The van der Waals surface area contributed by atoms with E-state index in [1.165, 1.54) is 5.56 Å². The molecule has 1 unspecified atom stereocenters. The maximum absolute atomic E-state index is 9.35. The minimum absolute atomic E-state index is 0.118. The molecule has 0 amide bonds. The zero-order valence-corrected chi connectivity index (χ0v) is 10.9. The Kier molecular flexibility index (Phi) is 4.36. The molecule has 0 saturated heterocycles. The smallest absolute Gasteiger partial charge is 0.125 e. The monoisotopic (exact) mass is 222 g/mol. The van der Waals surface area contributed by atoms with Crippen LogP contribution in [-0.2, 0) is 0 Å². The highest BCUT2D eigenvalue weighted by Gasteiger charge is 2.18. The third-order valence-corrected chi connectivity index (χ3v) is 3.02. The highest BCUT2D eigenvalue weighted by atomic mass is 16.5. The van der Waals surface area contributed by atoms with Gasteiger partial charge in [0.2, 0.25) is 0 Å². The maximum atomic E-state index is 9.35. The largest absolute Gasteiger partial charge is 0.496 e. The van der Waals surface area contributed by atoms with Gasteiger partial charge < -0.3 is 9.84 Å². The SMILES string of the molecule is COc1c(C)ccc(C(C)C)c1C(C)CO. The zero-order valence-electron chi connectivity index (χ0n) is 10.9. The van der Waals surface area contributed by atoms with Gasteiger partial charge in [-0.15, -0.1) is 0 Å². The van der Waals surface area contributed by atoms with Gasteiger partial charge >= 0.3 is 0 Å². The Morgan fingerprint density at radius 3 is 2.31 bits per heavy atom.